The summed E-state index contributed by atoms with van der Waals surface area (Å²) in [6.07, 6.45) is 0. The molecule has 0 amide bonds. The van der Waals surface area contributed by atoms with Gasteiger partial charge in [-0.3, -0.25) is 4.79 Å². The van der Waals surface area contributed by atoms with E-state index in [1.807, 2.05) is 54.6 Å². The van der Waals surface area contributed by atoms with Crippen molar-refractivity contribution >= 4 is 11.0 Å². The highest BCUT2D eigenvalue weighted by Gasteiger charge is 2.07. The summed E-state index contributed by atoms with van der Waals surface area (Å²) >= 11 is 0. The van der Waals surface area contributed by atoms with E-state index in [0.29, 0.717) is 16.7 Å². The molecule has 0 aliphatic rings. The molecular weight excluding hydrogens is 284 g/mol. The lowest BCUT2D eigenvalue weighted by Crippen LogP contribution is -1.99. The SMILES string of the molecule is O=c1cc(-c2cccc(-c3ccccc3)c2)oc2ccccc12. The maximum Gasteiger partial charge on any atom is 0.193 e. The van der Waals surface area contributed by atoms with Gasteiger partial charge in [0.25, 0.3) is 0 Å². The minimum atomic E-state index is -0.0213. The van der Waals surface area contributed by atoms with Crippen LogP contribution >= 0.6 is 0 Å². The fourth-order valence-electron chi connectivity index (χ4n) is 2.73. The lowest BCUT2D eigenvalue weighted by molar-refractivity contribution is 0.619. The maximum absolute atomic E-state index is 12.3. The Kier molecular flexibility index (Phi) is 3.28. The van der Waals surface area contributed by atoms with Crippen LogP contribution in [0.2, 0.25) is 0 Å². The van der Waals surface area contributed by atoms with Crippen molar-refractivity contribution in [3.05, 3.63) is 95.2 Å². The summed E-state index contributed by atoms with van der Waals surface area (Å²) < 4.78 is 5.92. The Hall–Kier alpha value is -3.13. The van der Waals surface area contributed by atoms with Crippen molar-refractivity contribution in [3.8, 4) is 22.5 Å². The highest BCUT2D eigenvalue weighted by Crippen LogP contribution is 2.27. The topological polar surface area (TPSA) is 30.2 Å². The third kappa shape index (κ3) is 2.55. The second-order valence-corrected chi connectivity index (χ2v) is 5.42. The van der Waals surface area contributed by atoms with Crippen molar-refractivity contribution in [2.75, 3.05) is 0 Å². The van der Waals surface area contributed by atoms with Crippen molar-refractivity contribution in [3.63, 3.8) is 0 Å². The molecule has 4 rings (SSSR count). The van der Waals surface area contributed by atoms with Gasteiger partial charge in [-0.2, -0.15) is 0 Å². The van der Waals surface area contributed by atoms with Crippen molar-refractivity contribution in [2.24, 2.45) is 0 Å². The smallest absolute Gasteiger partial charge is 0.193 e. The summed E-state index contributed by atoms with van der Waals surface area (Å²) in [4.78, 5) is 12.3. The van der Waals surface area contributed by atoms with Crippen molar-refractivity contribution in [1.29, 1.82) is 0 Å². The summed E-state index contributed by atoms with van der Waals surface area (Å²) in [6.45, 7) is 0. The molecular formula is C21H14O2. The second kappa shape index (κ2) is 5.58. The summed E-state index contributed by atoms with van der Waals surface area (Å²) in [5.41, 5.74) is 3.72. The van der Waals surface area contributed by atoms with Gasteiger partial charge in [0.15, 0.2) is 5.43 Å². The Bertz CT molecular complexity index is 1030. The summed E-state index contributed by atoms with van der Waals surface area (Å²) in [5, 5.41) is 0.607. The third-order valence-electron chi connectivity index (χ3n) is 3.89. The molecule has 0 radical (unpaired) electrons. The largest absolute Gasteiger partial charge is 0.456 e. The van der Waals surface area contributed by atoms with E-state index in [9.17, 15) is 4.79 Å². The van der Waals surface area contributed by atoms with Gasteiger partial charge in [-0.05, 0) is 29.3 Å². The molecule has 4 aromatic rings. The van der Waals surface area contributed by atoms with E-state index in [0.717, 1.165) is 16.7 Å². The van der Waals surface area contributed by atoms with Crippen molar-refractivity contribution < 1.29 is 4.42 Å². The molecule has 0 fully saturated rings. The Morgan fingerprint density at radius 1 is 0.609 bits per heavy atom. The van der Waals surface area contributed by atoms with Crippen LogP contribution in [0.3, 0.4) is 0 Å². The molecule has 1 aromatic heterocycles. The summed E-state index contributed by atoms with van der Waals surface area (Å²) in [5.74, 6) is 0.589. The lowest BCUT2D eigenvalue weighted by Gasteiger charge is -2.06. The quantitative estimate of drug-likeness (QED) is 0.513. The number of benzene rings is 3. The average Bonchev–Trinajstić information content (AvgIpc) is 2.62. The molecule has 0 saturated heterocycles. The predicted molar refractivity (Wildman–Crippen MR) is 93.4 cm³/mol. The second-order valence-electron chi connectivity index (χ2n) is 5.42. The molecule has 1 heterocycles. The molecule has 0 N–H and O–H groups in total. The maximum atomic E-state index is 12.3. The third-order valence-corrected chi connectivity index (χ3v) is 3.89. The van der Waals surface area contributed by atoms with E-state index in [1.54, 1.807) is 12.1 Å². The van der Waals surface area contributed by atoms with Gasteiger partial charge in [0, 0.05) is 11.6 Å². The van der Waals surface area contributed by atoms with E-state index in [4.69, 9.17) is 4.42 Å². The van der Waals surface area contributed by atoms with Crippen LogP contribution < -0.4 is 5.43 Å². The van der Waals surface area contributed by atoms with E-state index in [-0.39, 0.29) is 5.43 Å². The molecule has 0 aliphatic carbocycles. The highest BCUT2D eigenvalue weighted by atomic mass is 16.3. The number of rotatable bonds is 2. The zero-order valence-electron chi connectivity index (χ0n) is 12.4. The van der Waals surface area contributed by atoms with Crippen molar-refractivity contribution in [2.45, 2.75) is 0 Å². The van der Waals surface area contributed by atoms with Crippen LogP contribution in [0.4, 0.5) is 0 Å². The monoisotopic (exact) mass is 298 g/mol. The summed E-state index contributed by atoms with van der Waals surface area (Å²) in [7, 11) is 0. The summed E-state index contributed by atoms with van der Waals surface area (Å²) in [6, 6.07) is 27.1. The molecule has 3 aromatic carbocycles. The van der Waals surface area contributed by atoms with Gasteiger partial charge in [0.1, 0.15) is 11.3 Å². The molecule has 0 unspecified atom stereocenters. The number of hydrogen-bond donors (Lipinski definition) is 0. The minimum Gasteiger partial charge on any atom is -0.456 e. The van der Waals surface area contributed by atoms with Crippen LogP contribution in [-0.4, -0.2) is 0 Å². The average molecular weight is 298 g/mol. The van der Waals surface area contributed by atoms with E-state index >= 15 is 0 Å². The number of para-hydroxylation sites is 1. The first-order valence-corrected chi connectivity index (χ1v) is 7.50. The van der Waals surface area contributed by atoms with Crippen molar-refractivity contribution in [1.82, 2.24) is 0 Å². The van der Waals surface area contributed by atoms with Gasteiger partial charge in [-0.15, -0.1) is 0 Å². The number of fused-ring (bicyclic) bond motifs is 1. The molecule has 0 spiro atoms. The van der Waals surface area contributed by atoms with Crippen LogP contribution in [0.15, 0.2) is 94.1 Å². The zero-order valence-corrected chi connectivity index (χ0v) is 12.4. The molecule has 0 aliphatic heterocycles. The molecule has 0 atom stereocenters. The molecule has 0 bridgehead atoms. The Morgan fingerprint density at radius 3 is 2.17 bits per heavy atom. The molecule has 23 heavy (non-hydrogen) atoms. The molecule has 110 valence electrons. The molecule has 2 heteroatoms. The lowest BCUT2D eigenvalue weighted by atomic mass is 10.0. The standard InChI is InChI=1S/C21H14O2/c22-19-14-21(23-20-12-5-4-11-18(19)20)17-10-6-9-16(13-17)15-7-2-1-3-8-15/h1-14H. The highest BCUT2D eigenvalue weighted by molar-refractivity contribution is 5.79. The minimum absolute atomic E-state index is 0.0213. The van der Waals surface area contributed by atoms with E-state index in [2.05, 4.69) is 18.2 Å². The molecule has 2 nitrogen and oxygen atoms in total. The van der Waals surface area contributed by atoms with Crippen LogP contribution in [0.25, 0.3) is 33.4 Å². The Morgan fingerprint density at radius 2 is 1.30 bits per heavy atom. The van der Waals surface area contributed by atoms with Gasteiger partial charge in [-0.25, -0.2) is 0 Å². The van der Waals surface area contributed by atoms with Crippen LogP contribution in [0, 0.1) is 0 Å². The zero-order chi connectivity index (χ0) is 15.6. The fourth-order valence-corrected chi connectivity index (χ4v) is 2.73. The Labute approximate surface area is 133 Å². The van der Waals surface area contributed by atoms with Gasteiger partial charge < -0.3 is 4.42 Å². The van der Waals surface area contributed by atoms with Gasteiger partial charge in [-0.1, -0.05) is 60.7 Å². The van der Waals surface area contributed by atoms with Crippen LogP contribution in [-0.2, 0) is 0 Å². The van der Waals surface area contributed by atoms with Crippen LogP contribution in [0.1, 0.15) is 0 Å². The first-order chi connectivity index (χ1) is 11.3. The predicted octanol–water partition coefficient (Wildman–Crippen LogP) is 5.13. The van der Waals surface area contributed by atoms with Gasteiger partial charge >= 0.3 is 0 Å². The van der Waals surface area contributed by atoms with Gasteiger partial charge in [0.2, 0.25) is 0 Å². The first-order valence-electron chi connectivity index (χ1n) is 7.50. The van der Waals surface area contributed by atoms with Crippen LogP contribution in [0.5, 0.6) is 0 Å². The molecule has 0 saturated carbocycles. The number of hydrogen-bond acceptors (Lipinski definition) is 2. The Balaban J connectivity index is 1.87. The van der Waals surface area contributed by atoms with E-state index < -0.39 is 0 Å². The normalized spacial score (nSPS) is 10.8. The fraction of sp³-hybridized carbons (Fsp3) is 0. The van der Waals surface area contributed by atoms with Gasteiger partial charge in [0.05, 0.1) is 5.39 Å². The van der Waals surface area contributed by atoms with E-state index in [1.165, 1.54) is 0 Å². The first kappa shape index (κ1) is 13.5.